The van der Waals surface area contributed by atoms with Crippen LogP contribution < -0.4 is 0 Å². The lowest BCUT2D eigenvalue weighted by Crippen LogP contribution is -2.62. The van der Waals surface area contributed by atoms with Crippen molar-refractivity contribution >= 4 is 0 Å². The van der Waals surface area contributed by atoms with Gasteiger partial charge < -0.3 is 9.47 Å². The second kappa shape index (κ2) is 7.43. The van der Waals surface area contributed by atoms with Crippen LogP contribution in [0.5, 0.6) is 0 Å². The van der Waals surface area contributed by atoms with E-state index in [1.54, 1.807) is 14.2 Å². The number of hydrogen-bond acceptors (Lipinski definition) is 4. The largest absolute Gasteiger partial charge is 0.385 e. The highest BCUT2D eigenvalue weighted by atomic mass is 16.5. The number of ether oxygens (including phenoxy) is 2. The molecule has 2 bridgehead atoms. The molecule has 106 valence electrons. The fraction of sp³-hybridized carbons (Fsp3) is 1.00. The van der Waals surface area contributed by atoms with Crippen LogP contribution in [0.25, 0.3) is 0 Å². The molecule has 0 unspecified atom stereocenters. The maximum Gasteiger partial charge on any atom is 0.0474 e. The van der Waals surface area contributed by atoms with Crippen LogP contribution in [0.2, 0.25) is 0 Å². The molecular weight excluding hydrogens is 228 g/mol. The van der Waals surface area contributed by atoms with Crippen molar-refractivity contribution in [3.8, 4) is 0 Å². The van der Waals surface area contributed by atoms with E-state index in [1.165, 1.54) is 51.9 Å². The van der Waals surface area contributed by atoms with E-state index in [2.05, 4.69) is 9.80 Å². The van der Waals surface area contributed by atoms with Crippen LogP contribution in [0, 0.1) is 0 Å². The maximum atomic E-state index is 5.15. The monoisotopic (exact) mass is 256 g/mol. The number of piperidine rings is 2. The molecule has 0 spiro atoms. The van der Waals surface area contributed by atoms with Crippen molar-refractivity contribution < 1.29 is 9.47 Å². The van der Waals surface area contributed by atoms with Crippen molar-refractivity contribution in [1.82, 2.24) is 9.80 Å². The molecular formula is C14H28N2O2. The van der Waals surface area contributed by atoms with E-state index in [-0.39, 0.29) is 0 Å². The Bertz CT molecular complexity index is 214. The lowest BCUT2D eigenvalue weighted by molar-refractivity contribution is -0.0258. The SMILES string of the molecule is COCCCN1C[C@@H]2CC[C@@H]1CN2CCCOC. The number of nitrogens with zero attached hydrogens (tertiary/aromatic N) is 2. The molecule has 3 rings (SSSR count). The molecule has 0 N–H and O–H groups in total. The van der Waals surface area contributed by atoms with Gasteiger partial charge in [-0.1, -0.05) is 0 Å². The molecule has 0 aromatic rings. The average Bonchev–Trinajstić information content (AvgIpc) is 2.41. The molecule has 3 heterocycles. The van der Waals surface area contributed by atoms with Crippen LogP contribution in [0.15, 0.2) is 0 Å². The normalized spacial score (nSPS) is 29.0. The summed E-state index contributed by atoms with van der Waals surface area (Å²) in [5.41, 5.74) is 0. The first kappa shape index (κ1) is 14.3. The number of fused-ring (bicyclic) bond motifs is 3. The maximum absolute atomic E-state index is 5.15. The summed E-state index contributed by atoms with van der Waals surface area (Å²) in [7, 11) is 3.58. The van der Waals surface area contributed by atoms with Crippen LogP contribution in [0.4, 0.5) is 0 Å². The summed E-state index contributed by atoms with van der Waals surface area (Å²) in [4.78, 5) is 5.36. The zero-order valence-electron chi connectivity index (χ0n) is 11.9. The van der Waals surface area contributed by atoms with Gasteiger partial charge in [-0.15, -0.1) is 0 Å². The first-order valence-corrected chi connectivity index (χ1v) is 7.31. The fourth-order valence-corrected chi connectivity index (χ4v) is 3.37. The van der Waals surface area contributed by atoms with Crippen LogP contribution in [0.3, 0.4) is 0 Å². The molecule has 0 aliphatic carbocycles. The smallest absolute Gasteiger partial charge is 0.0474 e. The quantitative estimate of drug-likeness (QED) is 0.609. The van der Waals surface area contributed by atoms with Gasteiger partial charge in [0.15, 0.2) is 0 Å². The summed E-state index contributed by atoms with van der Waals surface area (Å²) < 4.78 is 10.3. The van der Waals surface area contributed by atoms with E-state index >= 15 is 0 Å². The van der Waals surface area contributed by atoms with E-state index in [1.807, 2.05) is 0 Å². The molecule has 3 aliphatic heterocycles. The molecule has 2 atom stereocenters. The van der Waals surface area contributed by atoms with Crippen LogP contribution in [-0.4, -0.2) is 75.5 Å². The van der Waals surface area contributed by atoms with Crippen molar-refractivity contribution in [3.63, 3.8) is 0 Å². The molecule has 18 heavy (non-hydrogen) atoms. The minimum atomic E-state index is 0.786. The number of methoxy groups -OCH3 is 2. The van der Waals surface area contributed by atoms with E-state index in [0.29, 0.717) is 0 Å². The Labute approximate surface area is 111 Å². The second-order valence-electron chi connectivity index (χ2n) is 5.57. The van der Waals surface area contributed by atoms with E-state index < -0.39 is 0 Å². The van der Waals surface area contributed by atoms with Crippen LogP contribution >= 0.6 is 0 Å². The average molecular weight is 256 g/mol. The first-order valence-electron chi connectivity index (χ1n) is 7.31. The molecule has 3 saturated heterocycles. The third-order valence-electron chi connectivity index (χ3n) is 4.34. The van der Waals surface area contributed by atoms with E-state index in [4.69, 9.17) is 9.47 Å². The summed E-state index contributed by atoms with van der Waals surface area (Å²) in [5, 5.41) is 0. The van der Waals surface area contributed by atoms with Crippen LogP contribution in [0.1, 0.15) is 25.7 Å². The summed E-state index contributed by atoms with van der Waals surface area (Å²) >= 11 is 0. The second-order valence-corrected chi connectivity index (χ2v) is 5.57. The van der Waals surface area contributed by atoms with Gasteiger partial charge in [0, 0.05) is 65.7 Å². The van der Waals surface area contributed by atoms with Gasteiger partial charge in [0.05, 0.1) is 0 Å². The van der Waals surface area contributed by atoms with Gasteiger partial charge in [-0.05, 0) is 25.7 Å². The zero-order valence-corrected chi connectivity index (χ0v) is 11.9. The molecule has 4 nitrogen and oxygen atoms in total. The molecule has 0 amide bonds. The first-order chi connectivity index (χ1) is 8.85. The van der Waals surface area contributed by atoms with Gasteiger partial charge in [-0.25, -0.2) is 0 Å². The lowest BCUT2D eigenvalue weighted by atomic mass is 9.90. The zero-order chi connectivity index (χ0) is 12.8. The third kappa shape index (κ3) is 3.67. The third-order valence-corrected chi connectivity index (χ3v) is 4.34. The highest BCUT2D eigenvalue weighted by Crippen LogP contribution is 2.28. The van der Waals surface area contributed by atoms with E-state index in [0.717, 1.165) is 25.3 Å². The highest BCUT2D eigenvalue weighted by molar-refractivity contribution is 4.94. The Balaban J connectivity index is 1.72. The van der Waals surface area contributed by atoms with Crippen molar-refractivity contribution in [2.75, 3.05) is 53.6 Å². The Morgan fingerprint density at radius 2 is 1.28 bits per heavy atom. The van der Waals surface area contributed by atoms with E-state index in [9.17, 15) is 0 Å². The van der Waals surface area contributed by atoms with Crippen molar-refractivity contribution in [3.05, 3.63) is 0 Å². The van der Waals surface area contributed by atoms with Gasteiger partial charge in [-0.3, -0.25) is 9.80 Å². The summed E-state index contributed by atoms with van der Waals surface area (Å²) in [5.74, 6) is 0. The Morgan fingerprint density at radius 3 is 1.61 bits per heavy atom. The summed E-state index contributed by atoms with van der Waals surface area (Å²) in [6.45, 7) is 6.74. The van der Waals surface area contributed by atoms with Gasteiger partial charge in [-0.2, -0.15) is 0 Å². The predicted octanol–water partition coefficient (Wildman–Crippen LogP) is 1.21. The summed E-state index contributed by atoms with van der Waals surface area (Å²) in [6.07, 6.45) is 5.11. The van der Waals surface area contributed by atoms with Gasteiger partial charge in [0.2, 0.25) is 0 Å². The molecule has 0 aromatic heterocycles. The van der Waals surface area contributed by atoms with Gasteiger partial charge in [0.1, 0.15) is 0 Å². The van der Waals surface area contributed by atoms with Crippen LogP contribution in [-0.2, 0) is 9.47 Å². The minimum Gasteiger partial charge on any atom is -0.385 e. The lowest BCUT2D eigenvalue weighted by Gasteiger charge is -2.51. The van der Waals surface area contributed by atoms with Crippen molar-refractivity contribution in [1.29, 1.82) is 0 Å². The fourth-order valence-electron chi connectivity index (χ4n) is 3.37. The van der Waals surface area contributed by atoms with Gasteiger partial charge in [0.25, 0.3) is 0 Å². The van der Waals surface area contributed by atoms with Crippen molar-refractivity contribution in [2.24, 2.45) is 0 Å². The highest BCUT2D eigenvalue weighted by Gasteiger charge is 2.37. The molecule has 0 aromatic carbocycles. The minimum absolute atomic E-state index is 0.786. The van der Waals surface area contributed by atoms with Crippen molar-refractivity contribution in [2.45, 2.75) is 37.8 Å². The topological polar surface area (TPSA) is 24.9 Å². The number of piperazine rings is 1. The summed E-state index contributed by atoms with van der Waals surface area (Å²) in [6, 6.07) is 1.57. The molecule has 4 heteroatoms. The molecule has 0 saturated carbocycles. The Kier molecular flexibility index (Phi) is 5.89. The van der Waals surface area contributed by atoms with Gasteiger partial charge >= 0.3 is 0 Å². The Hall–Kier alpha value is -0.160. The molecule has 0 radical (unpaired) electrons. The predicted molar refractivity (Wildman–Crippen MR) is 72.9 cm³/mol. The molecule has 3 aliphatic rings. The molecule has 3 fully saturated rings. The number of hydrogen-bond donors (Lipinski definition) is 0. The Morgan fingerprint density at radius 1 is 0.833 bits per heavy atom. The number of rotatable bonds is 8. The standard InChI is InChI=1S/C14H28N2O2/c1-17-9-3-7-15-11-14-6-5-13(15)12-16(14)8-4-10-18-2/h13-14H,3-12H2,1-2H3/t13-,14+.